The molecule has 0 amide bonds. The fourth-order valence-corrected chi connectivity index (χ4v) is 4.19. The fraction of sp³-hybridized carbons (Fsp3) is 0.542. The third-order valence-corrected chi connectivity index (χ3v) is 6.00. The van der Waals surface area contributed by atoms with Crippen LogP contribution in [0.2, 0.25) is 5.02 Å². The minimum atomic E-state index is -0.506. The number of carbonyl (C=O) groups is 1. The molecule has 0 aromatic heterocycles. The van der Waals surface area contributed by atoms with E-state index in [1.165, 1.54) is 43.6 Å². The molecular weight excluding hydrogens is 415 g/mol. The molecule has 5 nitrogen and oxygen atoms in total. The molecule has 1 fully saturated rings. The number of aldehydes is 1. The van der Waals surface area contributed by atoms with Crippen molar-refractivity contribution in [1.29, 1.82) is 0 Å². The zero-order chi connectivity index (χ0) is 22.6. The molecule has 2 aliphatic heterocycles. The van der Waals surface area contributed by atoms with Crippen molar-refractivity contribution in [2.24, 2.45) is 11.7 Å². The number of nitrogens with two attached hydrogens (primary N) is 1. The van der Waals surface area contributed by atoms with Crippen molar-refractivity contribution in [3.05, 3.63) is 58.5 Å². The van der Waals surface area contributed by atoms with E-state index < -0.39 is 5.82 Å². The summed E-state index contributed by atoms with van der Waals surface area (Å²) in [7, 11) is 2.23. The number of halogens is 2. The van der Waals surface area contributed by atoms with E-state index in [0.717, 1.165) is 25.3 Å². The number of carbonyl (C=O) groups excluding carboxylic acids is 1. The van der Waals surface area contributed by atoms with E-state index in [2.05, 4.69) is 41.7 Å². The lowest BCUT2D eigenvalue weighted by Gasteiger charge is -2.22. The molecular formula is C24H36ClFN4O. The van der Waals surface area contributed by atoms with Gasteiger partial charge in [0.05, 0.1) is 5.02 Å². The molecule has 0 aliphatic carbocycles. The summed E-state index contributed by atoms with van der Waals surface area (Å²) in [5.74, 6) is -0.0779. The number of hydrogen-bond acceptors (Lipinski definition) is 5. The van der Waals surface area contributed by atoms with Gasteiger partial charge >= 0.3 is 0 Å². The lowest BCUT2D eigenvalue weighted by molar-refractivity contribution is -0.109. The molecule has 1 saturated heterocycles. The van der Waals surface area contributed by atoms with Gasteiger partial charge in [0.15, 0.2) is 0 Å². The smallest absolute Gasteiger partial charge is 0.142 e. The van der Waals surface area contributed by atoms with Crippen molar-refractivity contribution in [1.82, 2.24) is 15.5 Å². The van der Waals surface area contributed by atoms with Crippen LogP contribution < -0.4 is 16.4 Å². The average molecular weight is 451 g/mol. The number of nitrogens with one attached hydrogen (secondary N) is 2. The van der Waals surface area contributed by atoms with E-state index in [4.69, 9.17) is 17.3 Å². The molecule has 3 rings (SSSR count). The van der Waals surface area contributed by atoms with E-state index >= 15 is 0 Å². The van der Waals surface area contributed by atoms with Crippen molar-refractivity contribution in [2.45, 2.75) is 38.1 Å². The molecule has 0 saturated carbocycles. The molecule has 7 heteroatoms. The molecule has 1 aromatic carbocycles. The van der Waals surface area contributed by atoms with Crippen LogP contribution in [0.25, 0.3) is 0 Å². The van der Waals surface area contributed by atoms with Gasteiger partial charge in [0.1, 0.15) is 12.1 Å². The molecule has 4 N–H and O–H groups in total. The predicted octanol–water partition coefficient (Wildman–Crippen LogP) is 3.46. The number of allylic oxidation sites excluding steroid dienone is 2. The second-order valence-electron chi connectivity index (χ2n) is 8.30. The first-order valence-electron chi connectivity index (χ1n) is 11.1. The zero-order valence-corrected chi connectivity index (χ0v) is 19.4. The summed E-state index contributed by atoms with van der Waals surface area (Å²) in [4.78, 5) is 13.1. The summed E-state index contributed by atoms with van der Waals surface area (Å²) >= 11 is 5.52. The number of benzene rings is 1. The van der Waals surface area contributed by atoms with Gasteiger partial charge in [-0.1, -0.05) is 36.2 Å². The second kappa shape index (κ2) is 13.6. The third-order valence-electron chi connectivity index (χ3n) is 5.69. The Kier molecular flexibility index (Phi) is 11.2. The van der Waals surface area contributed by atoms with Crippen molar-refractivity contribution in [2.75, 3.05) is 39.8 Å². The number of rotatable bonds is 9. The van der Waals surface area contributed by atoms with Crippen LogP contribution >= 0.6 is 11.6 Å². The van der Waals surface area contributed by atoms with Crippen LogP contribution in [0.5, 0.6) is 0 Å². The molecule has 1 aromatic rings. The Bertz CT molecular complexity index is 755. The lowest BCUT2D eigenvalue weighted by Crippen LogP contribution is -2.37. The molecule has 172 valence electrons. The van der Waals surface area contributed by atoms with Gasteiger partial charge in [0.2, 0.25) is 0 Å². The van der Waals surface area contributed by atoms with E-state index in [-0.39, 0.29) is 10.9 Å². The van der Waals surface area contributed by atoms with E-state index in [1.54, 1.807) is 6.07 Å². The van der Waals surface area contributed by atoms with Crippen molar-refractivity contribution in [3.8, 4) is 0 Å². The van der Waals surface area contributed by atoms with Gasteiger partial charge in [-0.15, -0.1) is 0 Å². The van der Waals surface area contributed by atoms with Crippen LogP contribution in [0, 0.1) is 11.7 Å². The van der Waals surface area contributed by atoms with Gasteiger partial charge in [-0.3, -0.25) is 0 Å². The molecule has 0 spiro atoms. The van der Waals surface area contributed by atoms with E-state index in [9.17, 15) is 9.18 Å². The lowest BCUT2D eigenvalue weighted by atomic mass is 9.94. The number of likely N-dealkylation sites (N-methyl/N-ethyl adjacent to an activating group) is 1. The van der Waals surface area contributed by atoms with E-state index in [1.807, 2.05) is 6.20 Å². The topological polar surface area (TPSA) is 70.4 Å². The highest BCUT2D eigenvalue weighted by Crippen LogP contribution is 2.24. The number of nitrogens with zero attached hydrogens (tertiary/aromatic N) is 1. The third kappa shape index (κ3) is 8.37. The maximum absolute atomic E-state index is 13.0. The maximum Gasteiger partial charge on any atom is 0.142 e. The SMILES string of the molecule is CCCNC1CN(C)CC1CC1=CC=CNC1.NCCC(C=O)c1ccc(Cl)c(F)c1. The number of likely N-dealkylation sites (tertiary alicyclic amines) is 1. The average Bonchev–Trinajstić information content (AvgIpc) is 3.12. The maximum atomic E-state index is 13.0. The first kappa shape index (κ1) is 25.5. The zero-order valence-electron chi connectivity index (χ0n) is 18.6. The molecule has 31 heavy (non-hydrogen) atoms. The minimum Gasteiger partial charge on any atom is -0.387 e. The van der Waals surface area contributed by atoms with Crippen molar-refractivity contribution in [3.63, 3.8) is 0 Å². The highest BCUT2D eigenvalue weighted by atomic mass is 35.5. The summed E-state index contributed by atoms with van der Waals surface area (Å²) in [5, 5.41) is 7.05. The quantitative estimate of drug-likeness (QED) is 0.502. The Balaban J connectivity index is 0.000000225. The predicted molar refractivity (Wildman–Crippen MR) is 127 cm³/mol. The molecule has 0 bridgehead atoms. The van der Waals surface area contributed by atoms with E-state index in [0.29, 0.717) is 24.6 Å². The minimum absolute atomic E-state index is 0.0612. The van der Waals surface area contributed by atoms with Crippen molar-refractivity contribution >= 4 is 17.9 Å². The first-order valence-corrected chi connectivity index (χ1v) is 11.5. The van der Waals surface area contributed by atoms with Crippen LogP contribution in [0.3, 0.4) is 0 Å². The highest BCUT2D eigenvalue weighted by molar-refractivity contribution is 6.30. The molecule has 2 heterocycles. The Labute approximate surface area is 190 Å². The van der Waals surface area contributed by atoms with Gasteiger partial charge in [-0.2, -0.15) is 0 Å². The molecule has 3 atom stereocenters. The standard InChI is InChI=1S/C14H25N3.C10H11ClFNO/c1-3-6-16-14-11-17(2)10-13(14)8-12-5-4-7-15-9-12;11-9-2-1-7(5-10(9)12)8(6-14)3-4-13/h4-5,7,13-16H,3,6,8-11H2,1-2H3;1-2,5-6,8H,3-4,13H2. The summed E-state index contributed by atoms with van der Waals surface area (Å²) in [5.41, 5.74) is 7.49. The first-order chi connectivity index (χ1) is 15.0. The Morgan fingerprint density at radius 1 is 1.42 bits per heavy atom. The highest BCUT2D eigenvalue weighted by Gasteiger charge is 2.30. The fourth-order valence-electron chi connectivity index (χ4n) is 4.07. The van der Waals surface area contributed by atoms with Gasteiger partial charge in [0.25, 0.3) is 0 Å². The Morgan fingerprint density at radius 2 is 2.23 bits per heavy atom. The van der Waals surface area contributed by atoms with Gasteiger partial charge in [-0.25, -0.2) is 4.39 Å². The second-order valence-corrected chi connectivity index (χ2v) is 8.71. The molecule has 3 unspecified atom stereocenters. The normalized spacial score (nSPS) is 21.6. The Morgan fingerprint density at radius 3 is 2.84 bits per heavy atom. The summed E-state index contributed by atoms with van der Waals surface area (Å²) in [6, 6.07) is 5.03. The number of dihydropyridines is 1. The summed E-state index contributed by atoms with van der Waals surface area (Å²) in [6.07, 6.45) is 10.2. The largest absolute Gasteiger partial charge is 0.387 e. The molecule has 2 aliphatic rings. The van der Waals surface area contributed by atoms with Gasteiger partial charge in [-0.05, 0) is 75.3 Å². The van der Waals surface area contributed by atoms with Crippen LogP contribution in [0.15, 0.2) is 42.1 Å². The monoisotopic (exact) mass is 450 g/mol. The van der Waals surface area contributed by atoms with Crippen LogP contribution in [0.4, 0.5) is 4.39 Å². The molecule has 0 radical (unpaired) electrons. The number of hydrogen-bond donors (Lipinski definition) is 3. The van der Waals surface area contributed by atoms with Gasteiger partial charge in [0, 0.05) is 31.6 Å². The van der Waals surface area contributed by atoms with Crippen LogP contribution in [0.1, 0.15) is 37.7 Å². The van der Waals surface area contributed by atoms with Gasteiger partial charge < -0.3 is 26.1 Å². The van der Waals surface area contributed by atoms with Crippen LogP contribution in [-0.2, 0) is 4.79 Å². The Hall–Kier alpha value is -1.73. The summed E-state index contributed by atoms with van der Waals surface area (Å²) in [6.45, 7) is 7.22. The van der Waals surface area contributed by atoms with Crippen LogP contribution in [-0.4, -0.2) is 57.0 Å². The van der Waals surface area contributed by atoms with Crippen molar-refractivity contribution < 1.29 is 9.18 Å². The summed E-state index contributed by atoms with van der Waals surface area (Å²) < 4.78 is 13.0.